The summed E-state index contributed by atoms with van der Waals surface area (Å²) >= 11 is 0. The van der Waals surface area contributed by atoms with Crippen molar-refractivity contribution in [2.45, 2.75) is 25.6 Å². The molecule has 4 heterocycles. The molecule has 1 amide bonds. The first-order valence-corrected chi connectivity index (χ1v) is 10.4. The van der Waals surface area contributed by atoms with E-state index >= 15 is 0 Å². The Balaban J connectivity index is 1.39. The zero-order chi connectivity index (χ0) is 23.3. The minimum absolute atomic E-state index is 0.162. The summed E-state index contributed by atoms with van der Waals surface area (Å²) in [6.45, 7) is 2.87. The fraction of sp³-hybridized carbons (Fsp3) is 0.381. The Bertz CT molecular complexity index is 1200. The minimum atomic E-state index is -4.64. The van der Waals surface area contributed by atoms with E-state index in [4.69, 9.17) is 0 Å². The monoisotopic (exact) mass is 461 g/mol. The van der Waals surface area contributed by atoms with Gasteiger partial charge in [0.1, 0.15) is 17.3 Å². The molecular formula is C21H19F4N7O. The van der Waals surface area contributed by atoms with E-state index in [0.29, 0.717) is 26.1 Å². The second kappa shape index (κ2) is 7.78. The van der Waals surface area contributed by atoms with Crippen molar-refractivity contribution < 1.29 is 22.4 Å². The number of piperidine rings is 1. The molecule has 2 saturated heterocycles. The van der Waals surface area contributed by atoms with E-state index in [1.165, 1.54) is 48.4 Å². The van der Waals surface area contributed by atoms with Crippen LogP contribution >= 0.6 is 0 Å². The Morgan fingerprint density at radius 2 is 1.85 bits per heavy atom. The number of alkyl halides is 3. The number of carbonyl (C=O) groups excluding carboxylic acids is 1. The maximum Gasteiger partial charge on any atom is 0.451 e. The first-order chi connectivity index (χ1) is 15.7. The molecule has 0 saturated carbocycles. The lowest BCUT2D eigenvalue weighted by Crippen LogP contribution is -2.65. The van der Waals surface area contributed by atoms with Crippen LogP contribution in [-0.2, 0) is 6.18 Å². The molecule has 0 radical (unpaired) electrons. The number of anilines is 1. The molecule has 0 aliphatic carbocycles. The van der Waals surface area contributed by atoms with Crippen LogP contribution in [0.1, 0.15) is 28.3 Å². The molecule has 2 aliphatic rings. The van der Waals surface area contributed by atoms with Gasteiger partial charge in [-0.2, -0.15) is 28.2 Å². The van der Waals surface area contributed by atoms with Gasteiger partial charge in [0.25, 0.3) is 5.91 Å². The number of fused-ring (bicyclic) bond motifs is 1. The van der Waals surface area contributed by atoms with E-state index in [1.807, 2.05) is 0 Å². The third-order valence-corrected chi connectivity index (χ3v) is 6.05. The van der Waals surface area contributed by atoms with Gasteiger partial charge in [0, 0.05) is 43.4 Å². The Kier molecular flexibility index (Phi) is 5.02. The van der Waals surface area contributed by atoms with E-state index in [2.05, 4.69) is 20.2 Å². The summed E-state index contributed by atoms with van der Waals surface area (Å²) in [7, 11) is 0. The number of hydrogen-bond acceptors (Lipinski definition) is 6. The van der Waals surface area contributed by atoms with Crippen molar-refractivity contribution in [3.8, 4) is 5.69 Å². The van der Waals surface area contributed by atoms with Gasteiger partial charge >= 0.3 is 6.18 Å². The number of rotatable bonds is 3. The highest BCUT2D eigenvalue weighted by Crippen LogP contribution is 2.37. The molecule has 8 nitrogen and oxygen atoms in total. The second-order valence-electron chi connectivity index (χ2n) is 8.19. The predicted octanol–water partition coefficient (Wildman–Crippen LogP) is 2.87. The van der Waals surface area contributed by atoms with Gasteiger partial charge in [-0.1, -0.05) is 0 Å². The van der Waals surface area contributed by atoms with Crippen molar-refractivity contribution in [3.63, 3.8) is 0 Å². The summed E-state index contributed by atoms with van der Waals surface area (Å²) in [4.78, 5) is 25.2. The summed E-state index contributed by atoms with van der Waals surface area (Å²) in [5.74, 6) is -1.56. The molecule has 3 aromatic rings. The van der Waals surface area contributed by atoms with E-state index in [-0.39, 0.29) is 40.6 Å². The number of hydrogen-bond donors (Lipinski definition) is 0. The average molecular weight is 461 g/mol. The predicted molar refractivity (Wildman–Crippen MR) is 108 cm³/mol. The molecular weight excluding hydrogens is 442 g/mol. The van der Waals surface area contributed by atoms with E-state index < -0.39 is 17.8 Å². The molecule has 5 rings (SSSR count). The number of aryl methyl sites for hydroxylation is 1. The van der Waals surface area contributed by atoms with Gasteiger partial charge in [0.15, 0.2) is 0 Å². The maximum atomic E-state index is 13.9. The van der Waals surface area contributed by atoms with Crippen molar-refractivity contribution >= 4 is 11.7 Å². The van der Waals surface area contributed by atoms with Gasteiger partial charge in [-0.3, -0.25) is 4.79 Å². The summed E-state index contributed by atoms with van der Waals surface area (Å²) in [5, 5.41) is 7.99. The Hall–Kier alpha value is -3.57. The van der Waals surface area contributed by atoms with Crippen LogP contribution in [0, 0.1) is 18.7 Å². The van der Waals surface area contributed by atoms with Crippen molar-refractivity contribution in [3.05, 3.63) is 59.6 Å². The lowest BCUT2D eigenvalue weighted by molar-refractivity contribution is -0.145. The van der Waals surface area contributed by atoms with Crippen molar-refractivity contribution in [2.24, 2.45) is 5.92 Å². The highest BCUT2D eigenvalue weighted by molar-refractivity contribution is 5.97. The largest absolute Gasteiger partial charge is 0.451 e. The topological polar surface area (TPSA) is 80.0 Å². The Morgan fingerprint density at radius 3 is 2.58 bits per heavy atom. The maximum absolute atomic E-state index is 13.9. The first kappa shape index (κ1) is 21.3. The standard InChI is InChI=1S/C21H19F4N7O/c1-12-8-18(29-20(28-12)21(23,24)25)31-10-13-4-7-30(11-17(13)31)19(33)15-3-2-14(22)9-16(15)32-26-5-6-27-32/h2-3,5-6,8-9,13,17H,4,7,10-11H2,1H3/t13-,17-/m0/s1. The zero-order valence-electron chi connectivity index (χ0n) is 17.5. The van der Waals surface area contributed by atoms with Crippen molar-refractivity contribution in [1.82, 2.24) is 29.9 Å². The third-order valence-electron chi connectivity index (χ3n) is 6.05. The van der Waals surface area contributed by atoms with Crippen molar-refractivity contribution in [1.29, 1.82) is 0 Å². The molecule has 2 aliphatic heterocycles. The molecule has 0 spiro atoms. The lowest BCUT2D eigenvalue weighted by atomic mass is 9.82. The van der Waals surface area contributed by atoms with Crippen molar-refractivity contribution in [2.75, 3.05) is 24.5 Å². The number of halogens is 4. The number of nitrogens with zero attached hydrogens (tertiary/aromatic N) is 7. The highest BCUT2D eigenvalue weighted by Gasteiger charge is 2.45. The van der Waals surface area contributed by atoms with Crippen LogP contribution < -0.4 is 4.90 Å². The molecule has 33 heavy (non-hydrogen) atoms. The van der Waals surface area contributed by atoms with Gasteiger partial charge < -0.3 is 9.80 Å². The minimum Gasteiger partial charge on any atom is -0.351 e. The normalized spacial score (nSPS) is 20.4. The first-order valence-electron chi connectivity index (χ1n) is 10.4. The molecule has 0 unspecified atom stereocenters. The zero-order valence-corrected chi connectivity index (χ0v) is 17.5. The lowest BCUT2D eigenvalue weighted by Gasteiger charge is -2.54. The third kappa shape index (κ3) is 3.89. The summed E-state index contributed by atoms with van der Waals surface area (Å²) in [6, 6.07) is 5.14. The van der Waals surface area contributed by atoms with E-state index in [1.54, 1.807) is 9.80 Å². The molecule has 12 heteroatoms. The van der Waals surface area contributed by atoms with E-state index in [9.17, 15) is 22.4 Å². The quantitative estimate of drug-likeness (QED) is 0.558. The summed E-state index contributed by atoms with van der Waals surface area (Å²) in [5.41, 5.74) is 0.690. The molecule has 172 valence electrons. The molecule has 2 fully saturated rings. The van der Waals surface area contributed by atoms with Crippen LogP contribution in [0.2, 0.25) is 0 Å². The summed E-state index contributed by atoms with van der Waals surface area (Å²) < 4.78 is 53.4. The number of aromatic nitrogens is 5. The smallest absolute Gasteiger partial charge is 0.351 e. The van der Waals surface area contributed by atoms with Crippen LogP contribution in [-0.4, -0.2) is 61.4 Å². The second-order valence-corrected chi connectivity index (χ2v) is 8.19. The highest BCUT2D eigenvalue weighted by atomic mass is 19.4. The van der Waals surface area contributed by atoms with Crippen LogP contribution in [0.3, 0.4) is 0 Å². The Labute approximate surface area is 185 Å². The van der Waals surface area contributed by atoms with Crippen LogP contribution in [0.15, 0.2) is 36.7 Å². The molecule has 1 aromatic carbocycles. The molecule has 2 atom stereocenters. The van der Waals surface area contributed by atoms with Gasteiger partial charge in [-0.15, -0.1) is 0 Å². The van der Waals surface area contributed by atoms with E-state index in [0.717, 1.165) is 0 Å². The number of benzene rings is 1. The molecule has 2 aromatic heterocycles. The molecule has 0 bridgehead atoms. The average Bonchev–Trinajstić information content (AvgIpc) is 3.28. The van der Waals surface area contributed by atoms with Gasteiger partial charge in [-0.05, 0) is 25.5 Å². The number of amides is 1. The van der Waals surface area contributed by atoms with Gasteiger partial charge in [-0.25, -0.2) is 14.4 Å². The molecule has 0 N–H and O–H groups in total. The van der Waals surface area contributed by atoms with Crippen LogP contribution in [0.4, 0.5) is 23.4 Å². The Morgan fingerprint density at radius 1 is 1.09 bits per heavy atom. The SMILES string of the molecule is Cc1cc(N2C[C@@H]3CCN(C(=O)c4ccc(F)cc4-n4nccn4)C[C@@H]32)nc(C(F)(F)F)n1. The van der Waals surface area contributed by atoms with Gasteiger partial charge in [0.2, 0.25) is 5.82 Å². The summed E-state index contributed by atoms with van der Waals surface area (Å²) in [6.07, 6.45) is -1.08. The van der Waals surface area contributed by atoms with Crippen LogP contribution in [0.5, 0.6) is 0 Å². The number of carbonyl (C=O) groups is 1. The van der Waals surface area contributed by atoms with Gasteiger partial charge in [0.05, 0.1) is 24.0 Å². The van der Waals surface area contributed by atoms with Crippen LogP contribution in [0.25, 0.3) is 5.69 Å². The fourth-order valence-electron chi connectivity index (χ4n) is 4.43. The number of likely N-dealkylation sites (tertiary alicyclic amines) is 1. The fourth-order valence-corrected chi connectivity index (χ4v) is 4.43.